The number of methoxy groups -OCH3 is 1. The van der Waals surface area contributed by atoms with Gasteiger partial charge in [-0.1, -0.05) is 11.6 Å². The van der Waals surface area contributed by atoms with E-state index in [4.69, 9.17) is 31.5 Å². The van der Waals surface area contributed by atoms with Crippen molar-refractivity contribution < 1.29 is 19.0 Å². The van der Waals surface area contributed by atoms with E-state index in [-0.39, 0.29) is 5.91 Å². The molecule has 0 aliphatic carbocycles. The highest BCUT2D eigenvalue weighted by atomic mass is 35.5. The number of hydrogen-bond acceptors (Lipinski definition) is 5. The maximum atomic E-state index is 12.0. The lowest BCUT2D eigenvalue weighted by Gasteiger charge is -2.35. The number of fused-ring (bicyclic) bond motifs is 1. The Hall–Kier alpha value is -1.50. The van der Waals surface area contributed by atoms with Gasteiger partial charge in [-0.05, 0) is 37.1 Å². The topological polar surface area (TPSA) is 74.0 Å². The lowest BCUT2D eigenvalue weighted by Crippen LogP contribution is -2.56. The van der Waals surface area contributed by atoms with Gasteiger partial charge >= 0.3 is 0 Å². The third-order valence-corrected chi connectivity index (χ3v) is 4.78. The number of rotatable bonds is 5. The molecule has 2 heterocycles. The maximum Gasteiger partial charge on any atom is 0.240 e. The third kappa shape index (κ3) is 2.98. The number of halogens is 1. The first-order chi connectivity index (χ1) is 11.1. The van der Waals surface area contributed by atoms with E-state index in [1.807, 2.05) is 12.1 Å². The molecule has 1 fully saturated rings. The summed E-state index contributed by atoms with van der Waals surface area (Å²) in [5, 5.41) is 0.521. The third-order valence-electron chi connectivity index (χ3n) is 4.50. The fraction of sp³-hybridized carbons (Fsp3) is 0.562. The summed E-state index contributed by atoms with van der Waals surface area (Å²) in [6.07, 6.45) is 1.61. The minimum absolute atomic E-state index is 0.292. The fourth-order valence-corrected chi connectivity index (χ4v) is 3.68. The molecule has 3 rings (SSSR count). The SMILES string of the molecule is COCC1(C(N)=O)CCCN1Cc1cc(Cl)c2c(c1)OCCO2. The Morgan fingerprint density at radius 2 is 2.22 bits per heavy atom. The molecule has 0 radical (unpaired) electrons. The predicted octanol–water partition coefficient (Wildman–Crippen LogP) is 1.58. The number of likely N-dealkylation sites (tertiary alicyclic amines) is 1. The molecule has 2 N–H and O–H groups in total. The first-order valence-corrected chi connectivity index (χ1v) is 8.06. The van der Waals surface area contributed by atoms with Crippen molar-refractivity contribution in [2.24, 2.45) is 5.73 Å². The Bertz CT molecular complexity index is 610. The van der Waals surface area contributed by atoms with Gasteiger partial charge in [-0.2, -0.15) is 0 Å². The van der Waals surface area contributed by atoms with Crippen molar-refractivity contribution >= 4 is 17.5 Å². The molecule has 6 nitrogen and oxygen atoms in total. The molecule has 1 atom stereocenters. The lowest BCUT2D eigenvalue weighted by atomic mass is 9.95. The fourth-order valence-electron chi connectivity index (χ4n) is 3.39. The molecule has 23 heavy (non-hydrogen) atoms. The molecule has 1 unspecified atom stereocenters. The van der Waals surface area contributed by atoms with Crippen LogP contribution < -0.4 is 15.2 Å². The summed E-state index contributed by atoms with van der Waals surface area (Å²) < 4.78 is 16.4. The molecule has 2 aliphatic heterocycles. The van der Waals surface area contributed by atoms with Crippen LogP contribution in [0.1, 0.15) is 18.4 Å². The maximum absolute atomic E-state index is 12.0. The molecule has 2 aliphatic rings. The molecule has 126 valence electrons. The minimum atomic E-state index is -0.755. The quantitative estimate of drug-likeness (QED) is 0.881. The van der Waals surface area contributed by atoms with Crippen LogP contribution in [0.25, 0.3) is 0 Å². The van der Waals surface area contributed by atoms with Gasteiger partial charge in [0.15, 0.2) is 11.5 Å². The summed E-state index contributed by atoms with van der Waals surface area (Å²) in [5.41, 5.74) is 5.88. The molecular weight excluding hydrogens is 320 g/mol. The summed E-state index contributed by atoms with van der Waals surface area (Å²) in [5.74, 6) is 0.885. The molecule has 1 saturated heterocycles. The predicted molar refractivity (Wildman–Crippen MR) is 85.9 cm³/mol. The van der Waals surface area contributed by atoms with Crippen LogP contribution >= 0.6 is 11.6 Å². The van der Waals surface area contributed by atoms with Crippen molar-refractivity contribution in [3.05, 3.63) is 22.7 Å². The van der Waals surface area contributed by atoms with Gasteiger partial charge < -0.3 is 19.9 Å². The summed E-state index contributed by atoms with van der Waals surface area (Å²) in [7, 11) is 1.59. The van der Waals surface area contributed by atoms with Gasteiger partial charge in [0, 0.05) is 13.7 Å². The Kier molecular flexibility index (Phi) is 4.66. The van der Waals surface area contributed by atoms with Crippen LogP contribution in [-0.4, -0.2) is 49.8 Å². The van der Waals surface area contributed by atoms with Crippen LogP contribution in [0.15, 0.2) is 12.1 Å². The summed E-state index contributed by atoms with van der Waals surface area (Å²) >= 11 is 6.29. The highest BCUT2D eigenvalue weighted by molar-refractivity contribution is 6.32. The number of ether oxygens (including phenoxy) is 3. The van der Waals surface area contributed by atoms with Gasteiger partial charge in [0.05, 0.1) is 11.6 Å². The van der Waals surface area contributed by atoms with E-state index in [0.29, 0.717) is 49.3 Å². The van der Waals surface area contributed by atoms with Crippen molar-refractivity contribution in [3.63, 3.8) is 0 Å². The van der Waals surface area contributed by atoms with Crippen LogP contribution in [0, 0.1) is 0 Å². The molecule has 1 aromatic carbocycles. The molecule has 0 bridgehead atoms. The van der Waals surface area contributed by atoms with Crippen LogP contribution in [0.3, 0.4) is 0 Å². The number of nitrogens with zero attached hydrogens (tertiary/aromatic N) is 1. The van der Waals surface area contributed by atoms with E-state index < -0.39 is 5.54 Å². The van der Waals surface area contributed by atoms with Crippen molar-refractivity contribution in [1.82, 2.24) is 4.90 Å². The number of carbonyl (C=O) groups excluding carboxylic acids is 1. The summed E-state index contributed by atoms with van der Waals surface area (Å²) in [4.78, 5) is 14.1. The minimum Gasteiger partial charge on any atom is -0.486 e. The van der Waals surface area contributed by atoms with Gasteiger partial charge in [-0.3, -0.25) is 9.69 Å². The lowest BCUT2D eigenvalue weighted by molar-refractivity contribution is -0.132. The summed E-state index contributed by atoms with van der Waals surface area (Å²) in [6.45, 7) is 2.64. The normalized spacial score (nSPS) is 23.9. The van der Waals surface area contributed by atoms with Crippen LogP contribution in [0.4, 0.5) is 0 Å². The molecule has 7 heteroatoms. The largest absolute Gasteiger partial charge is 0.486 e. The zero-order chi connectivity index (χ0) is 16.4. The van der Waals surface area contributed by atoms with Crippen LogP contribution in [-0.2, 0) is 16.1 Å². The second-order valence-corrected chi connectivity index (χ2v) is 6.36. The van der Waals surface area contributed by atoms with Crippen molar-refractivity contribution in [2.75, 3.05) is 33.5 Å². The van der Waals surface area contributed by atoms with Gasteiger partial charge in [-0.25, -0.2) is 0 Å². The number of hydrogen-bond donors (Lipinski definition) is 1. The van der Waals surface area contributed by atoms with E-state index in [1.54, 1.807) is 7.11 Å². The number of nitrogens with two attached hydrogens (primary N) is 1. The Morgan fingerprint density at radius 1 is 1.43 bits per heavy atom. The zero-order valence-electron chi connectivity index (χ0n) is 13.1. The second-order valence-electron chi connectivity index (χ2n) is 5.96. The highest BCUT2D eigenvalue weighted by Crippen LogP contribution is 2.39. The number of amides is 1. The van der Waals surface area contributed by atoms with Gasteiger partial charge in [0.2, 0.25) is 5.91 Å². The monoisotopic (exact) mass is 340 g/mol. The van der Waals surface area contributed by atoms with Gasteiger partial charge in [-0.15, -0.1) is 0 Å². The Balaban J connectivity index is 1.86. The number of carbonyl (C=O) groups is 1. The molecule has 0 saturated carbocycles. The van der Waals surface area contributed by atoms with Crippen molar-refractivity contribution in [2.45, 2.75) is 24.9 Å². The average molecular weight is 341 g/mol. The Labute approximate surface area is 140 Å². The first-order valence-electron chi connectivity index (χ1n) is 7.69. The molecule has 0 aromatic heterocycles. The van der Waals surface area contributed by atoms with Gasteiger partial charge in [0.25, 0.3) is 0 Å². The standard InChI is InChI=1S/C16H21ClN2O4/c1-21-10-16(15(18)20)3-2-4-19(16)9-11-7-12(17)14-13(8-11)22-5-6-23-14/h7-8H,2-6,9-10H2,1H3,(H2,18,20). The molecule has 0 spiro atoms. The van der Waals surface area contributed by atoms with Crippen molar-refractivity contribution in [1.29, 1.82) is 0 Å². The first kappa shape index (κ1) is 16.4. The molecule has 1 aromatic rings. The average Bonchev–Trinajstić information content (AvgIpc) is 2.92. The Morgan fingerprint density at radius 3 is 2.96 bits per heavy atom. The van der Waals surface area contributed by atoms with Crippen LogP contribution in [0.2, 0.25) is 5.02 Å². The van der Waals surface area contributed by atoms with E-state index in [0.717, 1.165) is 18.5 Å². The molecular formula is C16H21ClN2O4. The summed E-state index contributed by atoms with van der Waals surface area (Å²) in [6, 6.07) is 3.77. The zero-order valence-corrected chi connectivity index (χ0v) is 13.9. The molecule has 1 amide bonds. The van der Waals surface area contributed by atoms with Crippen molar-refractivity contribution in [3.8, 4) is 11.5 Å². The van der Waals surface area contributed by atoms with E-state index >= 15 is 0 Å². The second kappa shape index (κ2) is 6.55. The van der Waals surface area contributed by atoms with Crippen LogP contribution in [0.5, 0.6) is 11.5 Å². The van der Waals surface area contributed by atoms with E-state index in [2.05, 4.69) is 4.90 Å². The highest BCUT2D eigenvalue weighted by Gasteiger charge is 2.46. The smallest absolute Gasteiger partial charge is 0.240 e. The number of benzene rings is 1. The van der Waals surface area contributed by atoms with E-state index in [1.165, 1.54) is 0 Å². The number of primary amides is 1. The van der Waals surface area contributed by atoms with E-state index in [9.17, 15) is 4.79 Å². The van der Waals surface area contributed by atoms with Gasteiger partial charge in [0.1, 0.15) is 18.8 Å².